The quantitative estimate of drug-likeness (QED) is 0.374. The van der Waals surface area contributed by atoms with E-state index in [9.17, 15) is 9.59 Å². The lowest BCUT2D eigenvalue weighted by molar-refractivity contribution is -0.140. The van der Waals surface area contributed by atoms with Gasteiger partial charge in [0.25, 0.3) is 0 Å². The number of pyridine rings is 1. The molecule has 6 nitrogen and oxygen atoms in total. The number of aromatic nitrogens is 3. The molecular formula is C17H17N3O3S. The van der Waals surface area contributed by atoms with Crippen LogP contribution in [0.1, 0.15) is 6.42 Å². The Morgan fingerprint density at radius 3 is 2.71 bits per heavy atom. The third-order valence-electron chi connectivity index (χ3n) is 3.37. The third-order valence-corrected chi connectivity index (χ3v) is 4.35. The Balaban J connectivity index is 1.42. The number of esters is 1. The lowest BCUT2D eigenvalue weighted by atomic mass is 10.4. The molecule has 0 bridgehead atoms. The van der Waals surface area contributed by atoms with Crippen LogP contribution in [0.25, 0.3) is 5.65 Å². The zero-order valence-electron chi connectivity index (χ0n) is 13.0. The highest BCUT2D eigenvalue weighted by molar-refractivity contribution is 8.00. The summed E-state index contributed by atoms with van der Waals surface area (Å²) in [7, 11) is 0. The van der Waals surface area contributed by atoms with Crippen molar-refractivity contribution in [1.29, 1.82) is 0 Å². The van der Waals surface area contributed by atoms with Gasteiger partial charge in [-0.25, -0.2) is 9.48 Å². The Morgan fingerprint density at radius 2 is 1.92 bits per heavy atom. The van der Waals surface area contributed by atoms with Gasteiger partial charge < -0.3 is 4.74 Å². The number of carbonyl (C=O) groups excluding carboxylic acids is 1. The lowest BCUT2D eigenvalue weighted by Gasteiger charge is -2.04. The van der Waals surface area contributed by atoms with Gasteiger partial charge >= 0.3 is 11.7 Å². The molecule has 0 saturated heterocycles. The third kappa shape index (κ3) is 4.05. The molecule has 0 aliphatic carbocycles. The summed E-state index contributed by atoms with van der Waals surface area (Å²) in [6.45, 7) is 0.689. The molecule has 0 fully saturated rings. The summed E-state index contributed by atoms with van der Waals surface area (Å²) < 4.78 is 8.07. The van der Waals surface area contributed by atoms with Crippen LogP contribution in [-0.4, -0.2) is 32.5 Å². The predicted octanol–water partition coefficient (Wildman–Crippen LogP) is 2.22. The van der Waals surface area contributed by atoms with Crippen LogP contribution in [0, 0.1) is 0 Å². The van der Waals surface area contributed by atoms with Crippen molar-refractivity contribution in [2.45, 2.75) is 17.9 Å². The smallest absolute Gasteiger partial charge is 0.350 e. The van der Waals surface area contributed by atoms with Gasteiger partial charge in [0.2, 0.25) is 0 Å². The minimum Gasteiger partial charge on any atom is -0.465 e. The van der Waals surface area contributed by atoms with Gasteiger partial charge in [0.1, 0.15) is 0 Å². The summed E-state index contributed by atoms with van der Waals surface area (Å²) in [6, 6.07) is 15.1. The Labute approximate surface area is 143 Å². The molecule has 0 saturated carbocycles. The molecule has 0 aliphatic rings. The van der Waals surface area contributed by atoms with Crippen molar-refractivity contribution in [1.82, 2.24) is 14.2 Å². The zero-order valence-corrected chi connectivity index (χ0v) is 13.8. The first kappa shape index (κ1) is 16.3. The minimum atomic E-state index is -0.258. The van der Waals surface area contributed by atoms with E-state index < -0.39 is 0 Å². The maximum atomic E-state index is 12.1. The summed E-state index contributed by atoms with van der Waals surface area (Å²) in [4.78, 5) is 24.8. The van der Waals surface area contributed by atoms with Crippen LogP contribution in [0.15, 0.2) is 64.4 Å². The van der Waals surface area contributed by atoms with Crippen molar-refractivity contribution in [3.63, 3.8) is 0 Å². The highest BCUT2D eigenvalue weighted by atomic mass is 32.2. The van der Waals surface area contributed by atoms with Crippen LogP contribution in [0.2, 0.25) is 0 Å². The van der Waals surface area contributed by atoms with Crippen molar-refractivity contribution in [3.05, 3.63) is 65.2 Å². The van der Waals surface area contributed by atoms with Gasteiger partial charge in [0.15, 0.2) is 5.65 Å². The van der Waals surface area contributed by atoms with Gasteiger partial charge in [-0.3, -0.25) is 9.20 Å². The molecule has 7 heteroatoms. The SMILES string of the molecule is O=C(CSc1ccccc1)OCCCn1nc2ccccn2c1=O. The highest BCUT2D eigenvalue weighted by Crippen LogP contribution is 2.16. The van der Waals surface area contributed by atoms with Crippen molar-refractivity contribution >= 4 is 23.4 Å². The number of nitrogens with zero attached hydrogens (tertiary/aromatic N) is 3. The second kappa shape index (κ2) is 7.83. The maximum absolute atomic E-state index is 12.1. The van der Waals surface area contributed by atoms with E-state index in [4.69, 9.17) is 4.74 Å². The summed E-state index contributed by atoms with van der Waals surface area (Å²) >= 11 is 1.44. The molecule has 124 valence electrons. The Bertz CT molecular complexity index is 873. The number of benzene rings is 1. The molecule has 3 aromatic rings. The number of ether oxygens (including phenoxy) is 1. The Hall–Kier alpha value is -2.54. The average molecular weight is 343 g/mol. The number of hydrogen-bond donors (Lipinski definition) is 0. The first-order valence-corrected chi connectivity index (χ1v) is 8.60. The number of rotatable bonds is 7. The molecule has 0 aliphatic heterocycles. The molecule has 1 aromatic carbocycles. The number of carbonyl (C=O) groups is 1. The summed E-state index contributed by atoms with van der Waals surface area (Å²) in [6.07, 6.45) is 2.23. The number of hydrogen-bond acceptors (Lipinski definition) is 5. The molecule has 0 amide bonds. The average Bonchev–Trinajstić information content (AvgIpc) is 2.94. The van der Waals surface area contributed by atoms with Crippen molar-refractivity contribution in [2.24, 2.45) is 0 Å². The van der Waals surface area contributed by atoms with Gasteiger partial charge in [-0.2, -0.15) is 0 Å². The second-order valence-electron chi connectivity index (χ2n) is 5.11. The van der Waals surface area contributed by atoms with Crippen LogP contribution >= 0.6 is 11.8 Å². The lowest BCUT2D eigenvalue weighted by Crippen LogP contribution is -2.22. The van der Waals surface area contributed by atoms with Gasteiger partial charge in [0, 0.05) is 24.1 Å². The molecule has 24 heavy (non-hydrogen) atoms. The van der Waals surface area contributed by atoms with E-state index in [1.54, 1.807) is 18.3 Å². The standard InChI is InChI=1S/C17H17N3O3S/c21-16(13-24-14-7-2-1-3-8-14)23-12-6-11-20-17(22)19-10-5-4-9-15(19)18-20/h1-5,7-10H,6,11-13H2. The largest absolute Gasteiger partial charge is 0.465 e. The first-order chi connectivity index (χ1) is 11.7. The van der Waals surface area contributed by atoms with Crippen LogP contribution in [0.3, 0.4) is 0 Å². The van der Waals surface area contributed by atoms with Gasteiger partial charge in [0.05, 0.1) is 12.4 Å². The van der Waals surface area contributed by atoms with Crippen LogP contribution < -0.4 is 5.69 Å². The van der Waals surface area contributed by atoms with Crippen molar-refractivity contribution in [3.8, 4) is 0 Å². The first-order valence-electron chi connectivity index (χ1n) is 7.62. The Morgan fingerprint density at radius 1 is 1.12 bits per heavy atom. The number of thioether (sulfide) groups is 1. The van der Waals surface area contributed by atoms with E-state index in [1.807, 2.05) is 36.4 Å². The van der Waals surface area contributed by atoms with E-state index in [1.165, 1.54) is 20.8 Å². The molecule has 3 rings (SSSR count). The fourth-order valence-corrected chi connectivity index (χ4v) is 2.93. The highest BCUT2D eigenvalue weighted by Gasteiger charge is 2.07. The summed E-state index contributed by atoms with van der Waals surface area (Å²) in [5.74, 6) is 0.0180. The van der Waals surface area contributed by atoms with E-state index in [0.717, 1.165) is 4.90 Å². The van der Waals surface area contributed by atoms with Crippen molar-refractivity contribution < 1.29 is 9.53 Å². The molecule has 2 aromatic heterocycles. The normalized spacial score (nSPS) is 10.8. The molecule has 0 radical (unpaired) electrons. The molecule has 0 spiro atoms. The van der Waals surface area contributed by atoms with Crippen LogP contribution in [0.4, 0.5) is 0 Å². The monoisotopic (exact) mass is 343 g/mol. The number of aryl methyl sites for hydroxylation is 1. The van der Waals surface area contributed by atoms with Crippen molar-refractivity contribution in [2.75, 3.05) is 12.4 Å². The summed E-state index contributed by atoms with van der Waals surface area (Å²) in [5.41, 5.74) is 0.426. The summed E-state index contributed by atoms with van der Waals surface area (Å²) in [5, 5.41) is 4.23. The van der Waals surface area contributed by atoms with Gasteiger partial charge in [-0.1, -0.05) is 24.3 Å². The topological polar surface area (TPSA) is 65.6 Å². The zero-order chi connectivity index (χ0) is 16.8. The fourth-order valence-electron chi connectivity index (χ4n) is 2.21. The van der Waals surface area contributed by atoms with Crippen LogP contribution in [-0.2, 0) is 16.1 Å². The molecule has 0 unspecified atom stereocenters. The molecular weight excluding hydrogens is 326 g/mol. The Kier molecular flexibility index (Phi) is 5.32. The van der Waals surface area contributed by atoms with E-state index >= 15 is 0 Å². The molecule has 0 N–H and O–H groups in total. The predicted molar refractivity (Wildman–Crippen MR) is 92.2 cm³/mol. The van der Waals surface area contributed by atoms with E-state index in [2.05, 4.69) is 5.10 Å². The molecule has 0 atom stereocenters. The van der Waals surface area contributed by atoms with E-state index in [-0.39, 0.29) is 24.0 Å². The minimum absolute atomic E-state index is 0.184. The second-order valence-corrected chi connectivity index (χ2v) is 6.16. The fraction of sp³-hybridized carbons (Fsp3) is 0.235. The van der Waals surface area contributed by atoms with E-state index in [0.29, 0.717) is 18.6 Å². The molecule has 2 heterocycles. The van der Waals surface area contributed by atoms with Gasteiger partial charge in [-0.15, -0.1) is 16.9 Å². The number of fused-ring (bicyclic) bond motifs is 1. The maximum Gasteiger partial charge on any atom is 0.350 e. The van der Waals surface area contributed by atoms with Crippen LogP contribution in [0.5, 0.6) is 0 Å². The van der Waals surface area contributed by atoms with Gasteiger partial charge in [-0.05, 0) is 24.3 Å².